The number of aromatic nitrogens is 3. The van der Waals surface area contributed by atoms with Crippen molar-refractivity contribution in [1.29, 1.82) is 0 Å². The Balaban J connectivity index is 1.47. The molecule has 4 rings (SSSR count). The minimum absolute atomic E-state index is 0.0491. The summed E-state index contributed by atoms with van der Waals surface area (Å²) in [4.78, 5) is 24.9. The number of methoxy groups -OCH3 is 2. The highest BCUT2D eigenvalue weighted by molar-refractivity contribution is 5.95. The fourth-order valence-corrected chi connectivity index (χ4v) is 4.09. The third-order valence-electron chi connectivity index (χ3n) is 6.04. The van der Waals surface area contributed by atoms with Crippen LogP contribution in [0.4, 0.5) is 13.2 Å². The minimum Gasteiger partial charge on any atom is -0.497 e. The number of ether oxygens (including phenoxy) is 2. The molecule has 2 aromatic heterocycles. The Morgan fingerprint density at radius 3 is 2.36 bits per heavy atom. The van der Waals surface area contributed by atoms with Crippen LogP contribution in [-0.2, 0) is 37.2 Å². The van der Waals surface area contributed by atoms with E-state index in [0.717, 1.165) is 17.2 Å². The summed E-state index contributed by atoms with van der Waals surface area (Å²) < 4.78 is 53.8. The molecule has 0 unspecified atom stereocenters. The predicted octanol–water partition coefficient (Wildman–Crippen LogP) is 4.25. The van der Waals surface area contributed by atoms with Crippen LogP contribution >= 0.6 is 0 Å². The third-order valence-corrected chi connectivity index (χ3v) is 6.04. The number of carbonyl (C=O) groups is 1. The van der Waals surface area contributed by atoms with Crippen LogP contribution in [0.3, 0.4) is 0 Å². The number of benzene rings is 2. The van der Waals surface area contributed by atoms with Gasteiger partial charge in [0.15, 0.2) is 0 Å². The van der Waals surface area contributed by atoms with E-state index in [1.54, 1.807) is 27.6 Å². The van der Waals surface area contributed by atoms with E-state index in [1.165, 1.54) is 38.6 Å². The van der Waals surface area contributed by atoms with Crippen molar-refractivity contribution in [1.82, 2.24) is 19.7 Å². The van der Waals surface area contributed by atoms with Crippen molar-refractivity contribution in [3.05, 3.63) is 117 Å². The maximum atomic E-state index is 13.5. The van der Waals surface area contributed by atoms with E-state index in [-0.39, 0.29) is 35.6 Å². The quantitative estimate of drug-likeness (QED) is 0.325. The predicted molar refractivity (Wildman–Crippen MR) is 137 cm³/mol. The van der Waals surface area contributed by atoms with Crippen molar-refractivity contribution in [2.45, 2.75) is 32.4 Å². The normalized spacial score (nSPS) is 11.4. The molecule has 0 saturated heterocycles. The van der Waals surface area contributed by atoms with E-state index in [2.05, 4.69) is 10.4 Å². The molecule has 2 aromatic carbocycles. The Morgan fingerprint density at radius 1 is 1.00 bits per heavy atom. The summed E-state index contributed by atoms with van der Waals surface area (Å²) in [5, 5.41) is 7.00. The number of hydrogen-bond acceptors (Lipinski definition) is 5. The number of hydrogen-bond donors (Lipinski definition) is 1. The van der Waals surface area contributed by atoms with Crippen LogP contribution in [0.1, 0.15) is 38.3 Å². The van der Waals surface area contributed by atoms with Crippen LogP contribution in [0.15, 0.2) is 77.9 Å². The molecule has 0 spiro atoms. The van der Waals surface area contributed by atoms with Crippen molar-refractivity contribution >= 4 is 5.91 Å². The first-order valence-corrected chi connectivity index (χ1v) is 12.0. The van der Waals surface area contributed by atoms with E-state index in [9.17, 15) is 22.8 Å². The molecule has 0 aliphatic rings. The Kier molecular flexibility index (Phi) is 8.50. The number of rotatable bonds is 10. The number of nitrogens with zero attached hydrogens (tertiary/aromatic N) is 3. The lowest BCUT2D eigenvalue weighted by Crippen LogP contribution is -2.25. The standard InChI is InChI=1S/C28H27F3N4O4/c1-38-18-25-23(27(37)32-14-21-13-22(39-2)10-11-24(21)28(29,30)31)17-35(33-25)16-20-8-6-19(7-9-20)15-34-12-4-3-5-26(34)36/h3-13,17H,14-16,18H2,1-2H3,(H,32,37). The first-order valence-electron chi connectivity index (χ1n) is 12.0. The summed E-state index contributed by atoms with van der Waals surface area (Å²) in [6.45, 7) is 0.485. The fourth-order valence-electron chi connectivity index (χ4n) is 4.09. The van der Waals surface area contributed by atoms with Gasteiger partial charge in [0.25, 0.3) is 11.5 Å². The number of carbonyl (C=O) groups excluding carboxylic acids is 1. The van der Waals surface area contributed by atoms with E-state index in [0.29, 0.717) is 18.8 Å². The second-order valence-corrected chi connectivity index (χ2v) is 8.81. The molecule has 0 bridgehead atoms. The van der Waals surface area contributed by atoms with Gasteiger partial charge in [-0.15, -0.1) is 0 Å². The van der Waals surface area contributed by atoms with E-state index in [1.807, 2.05) is 24.3 Å². The minimum atomic E-state index is -4.58. The van der Waals surface area contributed by atoms with Gasteiger partial charge in [-0.25, -0.2) is 0 Å². The van der Waals surface area contributed by atoms with Gasteiger partial charge < -0.3 is 19.4 Å². The van der Waals surface area contributed by atoms with Gasteiger partial charge in [-0.05, 0) is 41.0 Å². The van der Waals surface area contributed by atoms with E-state index >= 15 is 0 Å². The summed E-state index contributed by atoms with van der Waals surface area (Å²) in [6, 6.07) is 16.0. The van der Waals surface area contributed by atoms with Crippen molar-refractivity contribution in [2.75, 3.05) is 14.2 Å². The highest BCUT2D eigenvalue weighted by Crippen LogP contribution is 2.33. The van der Waals surface area contributed by atoms with Gasteiger partial charge in [0.05, 0.1) is 37.9 Å². The summed E-state index contributed by atoms with van der Waals surface area (Å²) >= 11 is 0. The molecule has 0 radical (unpaired) electrons. The fraction of sp³-hybridized carbons (Fsp3) is 0.250. The topological polar surface area (TPSA) is 87.4 Å². The second kappa shape index (κ2) is 12.0. The lowest BCUT2D eigenvalue weighted by atomic mass is 10.1. The Labute approximate surface area is 222 Å². The van der Waals surface area contributed by atoms with Gasteiger partial charge >= 0.3 is 6.18 Å². The summed E-state index contributed by atoms with van der Waals surface area (Å²) in [5.41, 5.74) is 1.36. The van der Waals surface area contributed by atoms with Crippen LogP contribution in [-0.4, -0.2) is 34.5 Å². The highest BCUT2D eigenvalue weighted by atomic mass is 19.4. The number of nitrogens with one attached hydrogen (secondary N) is 1. The van der Waals surface area contributed by atoms with Gasteiger partial charge in [0, 0.05) is 32.1 Å². The molecular formula is C28H27F3N4O4. The van der Waals surface area contributed by atoms with Gasteiger partial charge in [-0.1, -0.05) is 30.3 Å². The summed E-state index contributed by atoms with van der Waals surface area (Å²) in [7, 11) is 2.82. The number of pyridine rings is 1. The van der Waals surface area contributed by atoms with Crippen molar-refractivity contribution in [3.8, 4) is 5.75 Å². The van der Waals surface area contributed by atoms with Crippen LogP contribution in [0.5, 0.6) is 5.75 Å². The zero-order chi connectivity index (χ0) is 28.0. The monoisotopic (exact) mass is 540 g/mol. The van der Waals surface area contributed by atoms with Crippen molar-refractivity contribution in [3.63, 3.8) is 0 Å². The van der Waals surface area contributed by atoms with Crippen LogP contribution < -0.4 is 15.6 Å². The van der Waals surface area contributed by atoms with Crippen LogP contribution in [0, 0.1) is 0 Å². The molecular weight excluding hydrogens is 513 g/mol. The zero-order valence-corrected chi connectivity index (χ0v) is 21.4. The van der Waals surface area contributed by atoms with Crippen molar-refractivity contribution < 1.29 is 27.4 Å². The molecule has 0 aliphatic heterocycles. The average molecular weight is 541 g/mol. The third kappa shape index (κ3) is 6.94. The molecule has 8 nitrogen and oxygen atoms in total. The maximum absolute atomic E-state index is 13.5. The molecule has 11 heteroatoms. The SMILES string of the molecule is COCc1nn(Cc2ccc(Cn3ccccc3=O)cc2)cc1C(=O)NCc1cc(OC)ccc1C(F)(F)F. The summed E-state index contributed by atoms with van der Waals surface area (Å²) in [5.74, 6) is -0.324. The molecule has 0 atom stereocenters. The Hall–Kier alpha value is -4.38. The second-order valence-electron chi connectivity index (χ2n) is 8.81. The Morgan fingerprint density at radius 2 is 1.72 bits per heavy atom. The summed E-state index contributed by atoms with van der Waals surface area (Å²) in [6.07, 6.45) is -1.31. The van der Waals surface area contributed by atoms with Gasteiger partial charge in [0.2, 0.25) is 0 Å². The van der Waals surface area contributed by atoms with E-state index < -0.39 is 17.6 Å². The first-order chi connectivity index (χ1) is 18.7. The molecule has 1 amide bonds. The molecule has 0 aliphatic carbocycles. The van der Waals surface area contributed by atoms with Gasteiger partial charge in [-0.2, -0.15) is 18.3 Å². The van der Waals surface area contributed by atoms with Gasteiger partial charge in [0.1, 0.15) is 11.4 Å². The molecule has 204 valence electrons. The van der Waals surface area contributed by atoms with Crippen LogP contribution in [0.25, 0.3) is 0 Å². The van der Waals surface area contributed by atoms with E-state index in [4.69, 9.17) is 9.47 Å². The smallest absolute Gasteiger partial charge is 0.416 e. The maximum Gasteiger partial charge on any atom is 0.416 e. The number of alkyl halides is 3. The van der Waals surface area contributed by atoms with Crippen molar-refractivity contribution in [2.24, 2.45) is 0 Å². The molecule has 39 heavy (non-hydrogen) atoms. The molecule has 4 aromatic rings. The highest BCUT2D eigenvalue weighted by Gasteiger charge is 2.33. The average Bonchev–Trinajstić information content (AvgIpc) is 3.31. The lowest BCUT2D eigenvalue weighted by molar-refractivity contribution is -0.138. The number of halogens is 3. The zero-order valence-electron chi connectivity index (χ0n) is 21.4. The molecule has 2 heterocycles. The molecule has 0 saturated carbocycles. The van der Waals surface area contributed by atoms with Crippen LogP contribution in [0.2, 0.25) is 0 Å². The largest absolute Gasteiger partial charge is 0.497 e. The van der Waals surface area contributed by atoms with Gasteiger partial charge in [-0.3, -0.25) is 14.3 Å². The molecule has 1 N–H and O–H groups in total. The number of amides is 1. The molecule has 0 fully saturated rings. The Bertz CT molecular complexity index is 1490. The lowest BCUT2D eigenvalue weighted by Gasteiger charge is -2.14. The first kappa shape index (κ1) is 27.6.